The lowest BCUT2D eigenvalue weighted by atomic mass is 10.2. The first-order valence-corrected chi connectivity index (χ1v) is 6.28. The molecular weight excluding hydrogens is 252 g/mol. The average molecular weight is 266 g/mol. The first-order chi connectivity index (χ1) is 8.60. The topological polar surface area (TPSA) is 95.6 Å². The Labute approximate surface area is 108 Å². The maximum absolute atomic E-state index is 11.8. The Hall–Kier alpha value is -1.63. The summed E-state index contributed by atoms with van der Waals surface area (Å²) in [7, 11) is 0. The molecule has 1 atom stereocenters. The summed E-state index contributed by atoms with van der Waals surface area (Å²) in [6.45, 7) is -0.338. The van der Waals surface area contributed by atoms with E-state index in [2.05, 4.69) is 5.32 Å². The van der Waals surface area contributed by atoms with Crippen LogP contribution >= 0.6 is 11.3 Å². The minimum absolute atomic E-state index is 0.0334. The molecule has 1 heterocycles. The quantitative estimate of drug-likeness (QED) is 0.608. The zero-order valence-corrected chi connectivity index (χ0v) is 10.4. The molecule has 0 bridgehead atoms. The van der Waals surface area contributed by atoms with Gasteiger partial charge in [-0.25, -0.2) is 0 Å². The fourth-order valence-electron chi connectivity index (χ4n) is 1.54. The van der Waals surface area contributed by atoms with E-state index in [-0.39, 0.29) is 19.1 Å². The number of fused-ring (bicyclic) bond motifs is 1. The predicted octanol–water partition coefficient (Wildman–Crippen LogP) is 0.567. The van der Waals surface area contributed by atoms with Gasteiger partial charge < -0.3 is 21.3 Å². The third kappa shape index (κ3) is 2.79. The number of aliphatic hydroxyl groups excluding tert-OH is 2. The molecule has 0 radical (unpaired) electrons. The van der Waals surface area contributed by atoms with Crippen molar-refractivity contribution in [2.45, 2.75) is 6.10 Å². The summed E-state index contributed by atoms with van der Waals surface area (Å²) in [6.07, 6.45) is -0.932. The van der Waals surface area contributed by atoms with Crippen molar-refractivity contribution in [3.8, 4) is 0 Å². The number of carbonyl (C=O) groups is 1. The van der Waals surface area contributed by atoms with E-state index < -0.39 is 6.10 Å². The van der Waals surface area contributed by atoms with Crippen molar-refractivity contribution >= 4 is 33.0 Å². The Bertz CT molecular complexity index is 567. The number of anilines is 1. The summed E-state index contributed by atoms with van der Waals surface area (Å²) in [6, 6.07) is 7.23. The largest absolute Gasteiger partial charge is 0.399 e. The summed E-state index contributed by atoms with van der Waals surface area (Å²) in [5.74, 6) is -0.262. The second-order valence-corrected chi connectivity index (χ2v) is 5.04. The minimum atomic E-state index is -0.932. The normalized spacial score (nSPS) is 12.6. The van der Waals surface area contributed by atoms with Gasteiger partial charge in [-0.1, -0.05) is 0 Å². The van der Waals surface area contributed by atoms with E-state index in [4.69, 9.17) is 15.9 Å². The van der Waals surface area contributed by atoms with Gasteiger partial charge in [0, 0.05) is 16.9 Å². The molecule has 96 valence electrons. The van der Waals surface area contributed by atoms with Crippen molar-refractivity contribution < 1.29 is 15.0 Å². The van der Waals surface area contributed by atoms with Crippen molar-refractivity contribution in [1.82, 2.24) is 5.32 Å². The Balaban J connectivity index is 2.13. The summed E-state index contributed by atoms with van der Waals surface area (Å²) in [5.41, 5.74) is 6.32. The summed E-state index contributed by atoms with van der Waals surface area (Å²) < 4.78 is 0.983. The van der Waals surface area contributed by atoms with Crippen LogP contribution in [0.1, 0.15) is 9.67 Å². The molecule has 1 aromatic carbocycles. The highest BCUT2D eigenvalue weighted by Crippen LogP contribution is 2.27. The van der Waals surface area contributed by atoms with E-state index in [1.165, 1.54) is 11.3 Å². The van der Waals surface area contributed by atoms with Gasteiger partial charge in [0.05, 0.1) is 17.6 Å². The van der Waals surface area contributed by atoms with E-state index in [1.807, 2.05) is 12.1 Å². The van der Waals surface area contributed by atoms with Crippen molar-refractivity contribution in [1.29, 1.82) is 0 Å². The molecule has 1 unspecified atom stereocenters. The molecule has 0 aliphatic rings. The highest BCUT2D eigenvalue weighted by molar-refractivity contribution is 7.20. The van der Waals surface area contributed by atoms with Crippen LogP contribution < -0.4 is 11.1 Å². The van der Waals surface area contributed by atoms with Crippen molar-refractivity contribution in [3.63, 3.8) is 0 Å². The Morgan fingerprint density at radius 2 is 2.22 bits per heavy atom. The molecular formula is C12H14N2O3S. The molecule has 2 aromatic rings. The Kier molecular flexibility index (Phi) is 3.81. The molecule has 2 rings (SSSR count). The fourth-order valence-corrected chi connectivity index (χ4v) is 2.50. The maximum Gasteiger partial charge on any atom is 0.261 e. The van der Waals surface area contributed by atoms with Gasteiger partial charge >= 0.3 is 0 Å². The van der Waals surface area contributed by atoms with Gasteiger partial charge in [-0.2, -0.15) is 0 Å². The number of nitrogen functional groups attached to an aromatic ring is 1. The van der Waals surface area contributed by atoms with Crippen molar-refractivity contribution in [2.24, 2.45) is 0 Å². The van der Waals surface area contributed by atoms with E-state index in [9.17, 15) is 4.79 Å². The number of hydrogen-bond acceptors (Lipinski definition) is 5. The van der Waals surface area contributed by atoms with Crippen LogP contribution in [0.2, 0.25) is 0 Å². The highest BCUT2D eigenvalue weighted by atomic mass is 32.1. The van der Waals surface area contributed by atoms with E-state index in [0.717, 1.165) is 10.1 Å². The van der Waals surface area contributed by atoms with Gasteiger partial charge in [0.15, 0.2) is 0 Å². The molecule has 0 spiro atoms. The average Bonchev–Trinajstić information content (AvgIpc) is 2.78. The third-order valence-electron chi connectivity index (χ3n) is 2.47. The number of amides is 1. The van der Waals surface area contributed by atoms with Gasteiger partial charge in [0.2, 0.25) is 0 Å². The molecule has 5 nitrogen and oxygen atoms in total. The maximum atomic E-state index is 11.8. The molecule has 1 aromatic heterocycles. The monoisotopic (exact) mass is 266 g/mol. The van der Waals surface area contributed by atoms with E-state index in [1.54, 1.807) is 12.1 Å². The zero-order valence-electron chi connectivity index (χ0n) is 9.59. The highest BCUT2D eigenvalue weighted by Gasteiger charge is 2.11. The predicted molar refractivity (Wildman–Crippen MR) is 71.7 cm³/mol. The molecule has 0 saturated heterocycles. The Morgan fingerprint density at radius 1 is 1.44 bits per heavy atom. The van der Waals surface area contributed by atoms with Crippen molar-refractivity contribution in [2.75, 3.05) is 18.9 Å². The zero-order chi connectivity index (χ0) is 13.1. The minimum Gasteiger partial charge on any atom is -0.399 e. The van der Waals surface area contributed by atoms with Crippen molar-refractivity contribution in [3.05, 3.63) is 29.1 Å². The molecule has 0 saturated carbocycles. The first kappa shape index (κ1) is 12.8. The second-order valence-electron chi connectivity index (χ2n) is 3.95. The fraction of sp³-hybridized carbons (Fsp3) is 0.250. The molecule has 5 N–H and O–H groups in total. The van der Waals surface area contributed by atoms with Crippen LogP contribution in [0, 0.1) is 0 Å². The van der Waals surface area contributed by atoms with Gasteiger partial charge in [-0.3, -0.25) is 4.79 Å². The SMILES string of the molecule is Nc1ccc2sc(C(=O)NCC(O)CO)cc2c1. The lowest BCUT2D eigenvalue weighted by Gasteiger charge is -2.07. The van der Waals surface area contributed by atoms with Gasteiger partial charge in [0.25, 0.3) is 5.91 Å². The van der Waals surface area contributed by atoms with Crippen LogP contribution in [0.4, 0.5) is 5.69 Å². The molecule has 6 heteroatoms. The molecule has 1 amide bonds. The number of benzene rings is 1. The number of thiophene rings is 1. The van der Waals surface area contributed by atoms with Crippen LogP contribution in [0.25, 0.3) is 10.1 Å². The second kappa shape index (κ2) is 5.34. The molecule has 0 aliphatic carbocycles. The summed E-state index contributed by atoms with van der Waals surface area (Å²) in [5, 5.41) is 21.3. The number of nitrogens with one attached hydrogen (secondary N) is 1. The van der Waals surface area contributed by atoms with Crippen LogP contribution in [-0.2, 0) is 0 Å². The van der Waals surface area contributed by atoms with Crippen LogP contribution in [0.15, 0.2) is 24.3 Å². The number of aliphatic hydroxyl groups is 2. The lowest BCUT2D eigenvalue weighted by molar-refractivity contribution is 0.0804. The van der Waals surface area contributed by atoms with Crippen LogP contribution in [0.5, 0.6) is 0 Å². The van der Waals surface area contributed by atoms with Gasteiger partial charge in [-0.15, -0.1) is 11.3 Å². The lowest BCUT2D eigenvalue weighted by Crippen LogP contribution is -2.33. The first-order valence-electron chi connectivity index (χ1n) is 5.46. The van der Waals surface area contributed by atoms with Gasteiger partial charge in [-0.05, 0) is 29.7 Å². The standard InChI is InChI=1S/C12H14N2O3S/c13-8-1-2-10-7(3-8)4-11(18-10)12(17)14-5-9(16)6-15/h1-4,9,15-16H,5-6,13H2,(H,14,17). The number of carbonyl (C=O) groups excluding carboxylic acids is 1. The third-order valence-corrected chi connectivity index (χ3v) is 3.59. The molecule has 18 heavy (non-hydrogen) atoms. The number of rotatable bonds is 4. The van der Waals surface area contributed by atoms with Crippen LogP contribution in [-0.4, -0.2) is 35.4 Å². The van der Waals surface area contributed by atoms with E-state index >= 15 is 0 Å². The van der Waals surface area contributed by atoms with Gasteiger partial charge in [0.1, 0.15) is 0 Å². The Morgan fingerprint density at radius 3 is 2.94 bits per heavy atom. The smallest absolute Gasteiger partial charge is 0.261 e. The number of nitrogens with two attached hydrogens (primary N) is 1. The summed E-state index contributed by atoms with van der Waals surface area (Å²) >= 11 is 1.36. The van der Waals surface area contributed by atoms with Crippen LogP contribution in [0.3, 0.4) is 0 Å². The van der Waals surface area contributed by atoms with E-state index in [0.29, 0.717) is 10.6 Å². The number of hydrogen-bond donors (Lipinski definition) is 4. The molecule has 0 aliphatic heterocycles. The molecule has 0 fully saturated rings. The summed E-state index contributed by atoms with van der Waals surface area (Å²) in [4.78, 5) is 12.4.